The topological polar surface area (TPSA) is 54.6 Å². The molecule has 0 spiro atoms. The second kappa shape index (κ2) is 5.99. The molecule has 0 amide bonds. The Bertz CT molecular complexity index is 904. The number of methoxy groups -OCH3 is 2. The van der Waals surface area contributed by atoms with E-state index in [1.165, 1.54) is 17.4 Å². The third-order valence-corrected chi connectivity index (χ3v) is 7.37. The fraction of sp³-hybridized carbons (Fsp3) is 0.591. The second-order valence-electron chi connectivity index (χ2n) is 8.52. The summed E-state index contributed by atoms with van der Waals surface area (Å²) in [7, 11) is 3.24. The standard InChI is InChI=1S/C22H28N2O3/c1-4-14-9-13-11-22(21(25)27-3)19-16(7-8-24(12-13)20(14)22)17-10-15(26-2)5-6-18(17)23-19/h5-6,10,13-14,20,23H,4,7-9,11-12H2,1-3H3/t13-,14-,20?,22+/m0/s1. The summed E-state index contributed by atoms with van der Waals surface area (Å²) in [6.07, 6.45) is 4.20. The Labute approximate surface area is 160 Å². The van der Waals surface area contributed by atoms with E-state index in [2.05, 4.69) is 28.9 Å². The van der Waals surface area contributed by atoms with Gasteiger partial charge < -0.3 is 14.5 Å². The number of carbonyl (C=O) groups excluding carboxylic acids is 1. The van der Waals surface area contributed by atoms with Gasteiger partial charge in [0.25, 0.3) is 0 Å². The molecule has 27 heavy (non-hydrogen) atoms. The zero-order valence-electron chi connectivity index (χ0n) is 16.4. The van der Waals surface area contributed by atoms with Crippen molar-refractivity contribution in [1.29, 1.82) is 0 Å². The number of hydrogen-bond donors (Lipinski definition) is 1. The smallest absolute Gasteiger partial charge is 0.319 e. The number of rotatable bonds is 3. The van der Waals surface area contributed by atoms with E-state index in [0.29, 0.717) is 11.8 Å². The van der Waals surface area contributed by atoms with Gasteiger partial charge in [0.1, 0.15) is 11.2 Å². The lowest BCUT2D eigenvalue weighted by Crippen LogP contribution is -2.67. The number of esters is 1. The molecular weight excluding hydrogens is 340 g/mol. The minimum absolute atomic E-state index is 0.0676. The summed E-state index contributed by atoms with van der Waals surface area (Å²) in [5.41, 5.74) is 2.90. The Hall–Kier alpha value is -2.01. The predicted molar refractivity (Wildman–Crippen MR) is 104 cm³/mol. The van der Waals surface area contributed by atoms with Crippen molar-refractivity contribution >= 4 is 16.9 Å². The number of nitrogens with one attached hydrogen (secondary N) is 1. The van der Waals surface area contributed by atoms with Crippen LogP contribution in [0.15, 0.2) is 18.2 Å². The summed E-state index contributed by atoms with van der Waals surface area (Å²) in [6, 6.07) is 6.40. The molecule has 144 valence electrons. The molecule has 2 saturated heterocycles. The van der Waals surface area contributed by atoms with Gasteiger partial charge in [-0.05, 0) is 54.9 Å². The second-order valence-corrected chi connectivity index (χ2v) is 8.52. The molecule has 1 N–H and O–H groups in total. The van der Waals surface area contributed by atoms with Gasteiger partial charge in [0.2, 0.25) is 0 Å². The Morgan fingerprint density at radius 1 is 1.37 bits per heavy atom. The normalized spacial score (nSPS) is 34.2. The van der Waals surface area contributed by atoms with Gasteiger partial charge in [-0.15, -0.1) is 0 Å². The van der Waals surface area contributed by atoms with E-state index in [0.717, 1.165) is 49.3 Å². The highest BCUT2D eigenvalue weighted by Gasteiger charge is 2.62. The molecule has 0 radical (unpaired) electrons. The molecule has 1 aromatic heterocycles. The zero-order chi connectivity index (χ0) is 18.8. The number of aromatic amines is 1. The maximum absolute atomic E-state index is 13.4. The summed E-state index contributed by atoms with van der Waals surface area (Å²) in [5.74, 6) is 1.90. The number of hydrogen-bond acceptors (Lipinski definition) is 4. The first-order valence-electron chi connectivity index (χ1n) is 10.1. The van der Waals surface area contributed by atoms with E-state index in [9.17, 15) is 4.79 Å². The van der Waals surface area contributed by atoms with E-state index in [1.54, 1.807) is 14.2 Å². The average Bonchev–Trinajstić information content (AvgIpc) is 3.04. The highest BCUT2D eigenvalue weighted by atomic mass is 16.5. The minimum atomic E-state index is -0.575. The molecular formula is C22H28N2O3. The number of ether oxygens (including phenoxy) is 2. The molecule has 3 fully saturated rings. The fourth-order valence-electron chi connectivity index (χ4n) is 6.42. The van der Waals surface area contributed by atoms with Crippen molar-refractivity contribution in [3.8, 4) is 5.75 Å². The van der Waals surface area contributed by atoms with Crippen LogP contribution in [0.4, 0.5) is 0 Å². The SMILES string of the molecule is CC[C@H]1C[C@@H]2CN3CCc4c([nH]c5ccc(OC)cc45)[C@](C(=O)OC)(C2)C13. The molecule has 1 aliphatic carbocycles. The quantitative estimate of drug-likeness (QED) is 0.845. The lowest BCUT2D eigenvalue weighted by Gasteiger charge is -2.57. The molecule has 2 unspecified atom stereocenters. The van der Waals surface area contributed by atoms with E-state index >= 15 is 0 Å². The van der Waals surface area contributed by atoms with Gasteiger partial charge in [-0.3, -0.25) is 9.69 Å². The Morgan fingerprint density at radius 3 is 2.96 bits per heavy atom. The van der Waals surface area contributed by atoms with Gasteiger partial charge in [-0.2, -0.15) is 0 Å². The van der Waals surface area contributed by atoms with Crippen molar-refractivity contribution in [2.24, 2.45) is 11.8 Å². The van der Waals surface area contributed by atoms with E-state index in [4.69, 9.17) is 9.47 Å². The number of benzene rings is 1. The van der Waals surface area contributed by atoms with Crippen LogP contribution in [0.2, 0.25) is 0 Å². The first-order valence-corrected chi connectivity index (χ1v) is 10.1. The van der Waals surface area contributed by atoms with Crippen molar-refractivity contribution in [2.75, 3.05) is 27.3 Å². The Kier molecular flexibility index (Phi) is 3.80. The number of carbonyl (C=O) groups is 1. The van der Waals surface area contributed by atoms with Crippen LogP contribution >= 0.6 is 0 Å². The van der Waals surface area contributed by atoms with Crippen molar-refractivity contribution in [3.63, 3.8) is 0 Å². The first-order chi connectivity index (χ1) is 13.1. The minimum Gasteiger partial charge on any atom is -0.497 e. The van der Waals surface area contributed by atoms with Crippen LogP contribution in [0.5, 0.6) is 5.75 Å². The van der Waals surface area contributed by atoms with Gasteiger partial charge in [0, 0.05) is 35.7 Å². The largest absolute Gasteiger partial charge is 0.497 e. The Morgan fingerprint density at radius 2 is 2.22 bits per heavy atom. The molecule has 5 atom stereocenters. The molecule has 2 aromatic rings. The number of piperidine rings is 2. The van der Waals surface area contributed by atoms with Crippen LogP contribution in [0.3, 0.4) is 0 Å². The number of nitrogens with zero attached hydrogens (tertiary/aromatic N) is 1. The molecule has 3 aliphatic heterocycles. The highest BCUT2D eigenvalue weighted by Crippen LogP contribution is 2.55. The molecule has 4 heterocycles. The van der Waals surface area contributed by atoms with Crippen molar-refractivity contribution < 1.29 is 14.3 Å². The summed E-state index contributed by atoms with van der Waals surface area (Å²) in [4.78, 5) is 19.6. The van der Waals surface area contributed by atoms with Crippen LogP contribution in [0.1, 0.15) is 37.4 Å². The third-order valence-electron chi connectivity index (χ3n) is 7.37. The van der Waals surface area contributed by atoms with Crippen LogP contribution in [-0.4, -0.2) is 49.2 Å². The van der Waals surface area contributed by atoms with E-state index in [1.807, 2.05) is 6.07 Å². The molecule has 1 aromatic carbocycles. The summed E-state index contributed by atoms with van der Waals surface area (Å²) < 4.78 is 10.9. The van der Waals surface area contributed by atoms with Crippen molar-refractivity contribution in [2.45, 2.75) is 44.1 Å². The molecule has 5 heteroatoms. The van der Waals surface area contributed by atoms with E-state index in [-0.39, 0.29) is 12.0 Å². The van der Waals surface area contributed by atoms with Gasteiger partial charge >= 0.3 is 5.97 Å². The van der Waals surface area contributed by atoms with Crippen molar-refractivity contribution in [1.82, 2.24) is 9.88 Å². The third kappa shape index (κ3) is 2.18. The van der Waals surface area contributed by atoms with Crippen LogP contribution in [-0.2, 0) is 21.4 Å². The van der Waals surface area contributed by atoms with Crippen LogP contribution in [0.25, 0.3) is 10.9 Å². The maximum atomic E-state index is 13.4. The maximum Gasteiger partial charge on any atom is 0.319 e. The molecule has 6 rings (SSSR count). The van der Waals surface area contributed by atoms with Crippen LogP contribution < -0.4 is 4.74 Å². The lowest BCUT2D eigenvalue weighted by atomic mass is 9.56. The summed E-state index contributed by atoms with van der Waals surface area (Å²) >= 11 is 0. The summed E-state index contributed by atoms with van der Waals surface area (Å²) in [6.45, 7) is 4.39. The van der Waals surface area contributed by atoms with Crippen molar-refractivity contribution in [3.05, 3.63) is 29.5 Å². The molecule has 4 bridgehead atoms. The monoisotopic (exact) mass is 368 g/mol. The van der Waals surface area contributed by atoms with Gasteiger partial charge in [-0.25, -0.2) is 0 Å². The molecule has 5 nitrogen and oxygen atoms in total. The van der Waals surface area contributed by atoms with Crippen LogP contribution in [0, 0.1) is 11.8 Å². The predicted octanol–water partition coefficient (Wildman–Crippen LogP) is 3.26. The first kappa shape index (κ1) is 17.1. The number of fused-ring (bicyclic) bond motifs is 4. The average molecular weight is 368 g/mol. The highest BCUT2D eigenvalue weighted by molar-refractivity contribution is 5.92. The number of aromatic nitrogens is 1. The van der Waals surface area contributed by atoms with Gasteiger partial charge in [0.05, 0.1) is 14.2 Å². The lowest BCUT2D eigenvalue weighted by molar-refractivity contribution is -0.162. The zero-order valence-corrected chi connectivity index (χ0v) is 16.4. The van der Waals surface area contributed by atoms with E-state index < -0.39 is 5.41 Å². The van der Waals surface area contributed by atoms with Gasteiger partial charge in [-0.1, -0.05) is 13.3 Å². The summed E-state index contributed by atoms with van der Waals surface area (Å²) in [5, 5.41) is 1.19. The molecule has 1 saturated carbocycles. The molecule has 4 aliphatic rings. The number of H-pyrrole nitrogens is 1. The fourth-order valence-corrected chi connectivity index (χ4v) is 6.42. The Balaban J connectivity index is 1.79. The van der Waals surface area contributed by atoms with Gasteiger partial charge in [0.15, 0.2) is 0 Å².